The van der Waals surface area contributed by atoms with Crippen molar-refractivity contribution in [2.75, 3.05) is 0 Å². The molecule has 0 heterocycles. The van der Waals surface area contributed by atoms with Crippen molar-refractivity contribution in [3.05, 3.63) is 113 Å². The third-order valence-corrected chi connectivity index (χ3v) is 5.88. The zero-order valence-corrected chi connectivity index (χ0v) is 21.5. The molecule has 0 aliphatic carbocycles. The summed E-state index contributed by atoms with van der Waals surface area (Å²) in [6, 6.07) is 22.7. The predicted octanol–water partition coefficient (Wildman–Crippen LogP) is 4.54. The highest BCUT2D eigenvalue weighted by atomic mass is 16.4. The Kier molecular flexibility index (Phi) is 10.1. The molecule has 3 aromatic rings. The Morgan fingerprint density at radius 2 is 1.37 bits per heavy atom. The van der Waals surface area contributed by atoms with Crippen LogP contribution >= 0.6 is 0 Å². The quantitative estimate of drug-likeness (QED) is 0.244. The summed E-state index contributed by atoms with van der Waals surface area (Å²) in [5.41, 5.74) is 2.48. The monoisotopic (exact) mass is 512 g/mol. The number of nitrogens with one attached hydrogen (secondary N) is 2. The number of carboxylic acids is 1. The fourth-order valence-electron chi connectivity index (χ4n) is 3.88. The molecule has 0 aromatic heterocycles. The van der Waals surface area contributed by atoms with E-state index in [-0.39, 0.29) is 24.5 Å². The van der Waals surface area contributed by atoms with Crippen LogP contribution in [0.1, 0.15) is 52.1 Å². The summed E-state index contributed by atoms with van der Waals surface area (Å²) in [5, 5.41) is 14.9. The van der Waals surface area contributed by atoms with Crippen LogP contribution in [0.3, 0.4) is 0 Å². The minimum Gasteiger partial charge on any atom is -0.480 e. The lowest BCUT2D eigenvalue weighted by molar-refractivity contribution is -0.142. The number of aliphatic carboxylic acids is 1. The van der Waals surface area contributed by atoms with Gasteiger partial charge >= 0.3 is 5.97 Å². The second kappa shape index (κ2) is 13.7. The van der Waals surface area contributed by atoms with Gasteiger partial charge in [-0.2, -0.15) is 0 Å². The lowest BCUT2D eigenvalue weighted by atomic mass is 10.0. The SMILES string of the molecule is CC(C)CC(NC(=O)C(Cc1ccccc1)NC(=O)c1ccc(/C=C\C(=O)c2ccccc2)cc1)C(=O)O. The van der Waals surface area contributed by atoms with Gasteiger partial charge < -0.3 is 15.7 Å². The van der Waals surface area contributed by atoms with E-state index in [1.165, 1.54) is 6.08 Å². The second-order valence-electron chi connectivity index (χ2n) is 9.43. The fraction of sp³-hybridized carbons (Fsp3) is 0.226. The molecule has 2 atom stereocenters. The molecule has 3 aromatic carbocycles. The molecule has 0 saturated carbocycles. The Hall–Kier alpha value is -4.52. The molecule has 0 aliphatic rings. The first kappa shape index (κ1) is 28.1. The molecule has 0 aliphatic heterocycles. The van der Waals surface area contributed by atoms with Gasteiger partial charge in [0, 0.05) is 17.5 Å². The first-order valence-corrected chi connectivity index (χ1v) is 12.5. The molecule has 2 unspecified atom stereocenters. The molecule has 0 spiro atoms. The van der Waals surface area contributed by atoms with Crippen LogP contribution in [0.25, 0.3) is 6.08 Å². The Bertz CT molecular complexity index is 1270. The first-order valence-electron chi connectivity index (χ1n) is 12.5. The lowest BCUT2D eigenvalue weighted by Gasteiger charge is -2.22. The molecule has 0 radical (unpaired) electrons. The van der Waals surface area contributed by atoms with Crippen LogP contribution in [-0.2, 0) is 16.0 Å². The molecule has 3 N–H and O–H groups in total. The van der Waals surface area contributed by atoms with Crippen molar-refractivity contribution < 1.29 is 24.3 Å². The largest absolute Gasteiger partial charge is 0.480 e. The summed E-state index contributed by atoms with van der Waals surface area (Å²) in [4.78, 5) is 50.1. The highest BCUT2D eigenvalue weighted by molar-refractivity contribution is 6.06. The van der Waals surface area contributed by atoms with Gasteiger partial charge in [-0.25, -0.2) is 4.79 Å². The Morgan fingerprint density at radius 3 is 1.95 bits per heavy atom. The van der Waals surface area contributed by atoms with E-state index in [2.05, 4.69) is 10.6 Å². The Balaban J connectivity index is 1.71. The zero-order valence-electron chi connectivity index (χ0n) is 21.5. The minimum atomic E-state index is -1.12. The van der Waals surface area contributed by atoms with Crippen molar-refractivity contribution in [1.29, 1.82) is 0 Å². The maximum absolute atomic E-state index is 13.1. The number of hydrogen-bond donors (Lipinski definition) is 3. The number of hydrogen-bond acceptors (Lipinski definition) is 4. The standard InChI is InChI=1S/C31H32N2O5/c1-21(2)19-27(31(37)38)33-30(36)26(20-23-9-5-3-6-10-23)32-29(35)25-16-13-22(14-17-25)15-18-28(34)24-11-7-4-8-12-24/h3-18,21,26-27H,19-20H2,1-2H3,(H,32,35)(H,33,36)(H,37,38)/b18-15-. The zero-order chi connectivity index (χ0) is 27.5. The summed E-state index contributed by atoms with van der Waals surface area (Å²) in [5.74, 6) is -2.21. The lowest BCUT2D eigenvalue weighted by Crippen LogP contribution is -2.52. The molecule has 3 rings (SSSR count). The molecule has 0 fully saturated rings. The molecule has 2 amide bonds. The Labute approximate surface area is 222 Å². The maximum Gasteiger partial charge on any atom is 0.326 e. The van der Waals surface area contributed by atoms with Gasteiger partial charge in [0.1, 0.15) is 12.1 Å². The average molecular weight is 513 g/mol. The maximum atomic E-state index is 13.1. The van der Waals surface area contributed by atoms with Crippen LogP contribution in [0.15, 0.2) is 91.0 Å². The van der Waals surface area contributed by atoms with Gasteiger partial charge in [0.15, 0.2) is 5.78 Å². The third-order valence-electron chi connectivity index (χ3n) is 5.88. The van der Waals surface area contributed by atoms with Crippen molar-refractivity contribution in [2.45, 2.75) is 38.8 Å². The van der Waals surface area contributed by atoms with E-state index in [0.29, 0.717) is 11.1 Å². The van der Waals surface area contributed by atoms with Gasteiger partial charge in [0.25, 0.3) is 5.91 Å². The van der Waals surface area contributed by atoms with Crippen molar-refractivity contribution in [3.63, 3.8) is 0 Å². The highest BCUT2D eigenvalue weighted by Crippen LogP contribution is 2.11. The van der Waals surface area contributed by atoms with Crippen LogP contribution in [0.2, 0.25) is 0 Å². The summed E-state index contributed by atoms with van der Waals surface area (Å²) < 4.78 is 0. The predicted molar refractivity (Wildman–Crippen MR) is 147 cm³/mol. The Morgan fingerprint density at radius 1 is 0.763 bits per heavy atom. The van der Waals surface area contributed by atoms with Gasteiger partial charge in [0.2, 0.25) is 5.91 Å². The third kappa shape index (κ3) is 8.55. The van der Waals surface area contributed by atoms with Crippen molar-refractivity contribution in [3.8, 4) is 0 Å². The average Bonchev–Trinajstić information content (AvgIpc) is 2.92. The summed E-state index contributed by atoms with van der Waals surface area (Å²) in [6.45, 7) is 3.75. The molecule has 0 bridgehead atoms. The van der Waals surface area contributed by atoms with Gasteiger partial charge in [-0.1, -0.05) is 92.7 Å². The van der Waals surface area contributed by atoms with Gasteiger partial charge in [-0.15, -0.1) is 0 Å². The number of rotatable bonds is 12. The molecule has 0 saturated heterocycles. The molecular weight excluding hydrogens is 480 g/mol. The minimum absolute atomic E-state index is 0.0640. The van der Waals surface area contributed by atoms with Crippen LogP contribution in [0, 0.1) is 5.92 Å². The van der Waals surface area contributed by atoms with E-state index in [0.717, 1.165) is 11.1 Å². The van der Waals surface area contributed by atoms with E-state index in [1.54, 1.807) is 54.6 Å². The van der Waals surface area contributed by atoms with Crippen molar-refractivity contribution >= 4 is 29.6 Å². The number of carboxylic acid groups (broad SMARTS) is 1. The van der Waals surface area contributed by atoms with Gasteiger partial charge in [-0.05, 0) is 41.7 Å². The summed E-state index contributed by atoms with van der Waals surface area (Å²) >= 11 is 0. The second-order valence-corrected chi connectivity index (χ2v) is 9.43. The van der Waals surface area contributed by atoms with E-state index < -0.39 is 29.9 Å². The number of allylic oxidation sites excluding steroid dienone is 1. The fourth-order valence-corrected chi connectivity index (χ4v) is 3.88. The van der Waals surface area contributed by atoms with E-state index in [4.69, 9.17) is 0 Å². The molecule has 7 heteroatoms. The van der Waals surface area contributed by atoms with Crippen LogP contribution in [-0.4, -0.2) is 40.8 Å². The van der Waals surface area contributed by atoms with Crippen molar-refractivity contribution in [2.24, 2.45) is 5.92 Å². The number of benzene rings is 3. The van der Waals surface area contributed by atoms with Crippen LogP contribution in [0.4, 0.5) is 0 Å². The van der Waals surface area contributed by atoms with E-state index in [1.807, 2.05) is 50.2 Å². The molecule has 38 heavy (non-hydrogen) atoms. The molecular formula is C31H32N2O5. The number of carbonyl (C=O) groups is 4. The van der Waals surface area contributed by atoms with E-state index >= 15 is 0 Å². The number of ketones is 1. The number of amides is 2. The molecule has 7 nitrogen and oxygen atoms in total. The van der Waals surface area contributed by atoms with Crippen LogP contribution in [0.5, 0.6) is 0 Å². The van der Waals surface area contributed by atoms with Crippen molar-refractivity contribution in [1.82, 2.24) is 10.6 Å². The number of carbonyl (C=O) groups excluding carboxylic acids is 3. The first-order chi connectivity index (χ1) is 18.2. The summed E-state index contributed by atoms with van der Waals surface area (Å²) in [6.07, 6.45) is 3.62. The normalized spacial score (nSPS) is 12.6. The van der Waals surface area contributed by atoms with Crippen LogP contribution < -0.4 is 10.6 Å². The highest BCUT2D eigenvalue weighted by Gasteiger charge is 2.27. The van der Waals surface area contributed by atoms with Gasteiger partial charge in [0.05, 0.1) is 0 Å². The molecule has 196 valence electrons. The van der Waals surface area contributed by atoms with E-state index in [9.17, 15) is 24.3 Å². The topological polar surface area (TPSA) is 113 Å². The smallest absolute Gasteiger partial charge is 0.326 e. The van der Waals surface area contributed by atoms with Gasteiger partial charge in [-0.3, -0.25) is 14.4 Å². The summed E-state index contributed by atoms with van der Waals surface area (Å²) in [7, 11) is 0.